The zero-order valence-corrected chi connectivity index (χ0v) is 34.4. The van der Waals surface area contributed by atoms with E-state index < -0.39 is 40.6 Å². The second kappa shape index (κ2) is 15.6. The van der Waals surface area contributed by atoms with Crippen molar-refractivity contribution in [2.75, 3.05) is 13.1 Å². The van der Waals surface area contributed by atoms with E-state index in [1.54, 1.807) is 6.07 Å². The van der Waals surface area contributed by atoms with E-state index in [4.69, 9.17) is 4.74 Å². The Morgan fingerprint density at radius 1 is 0.831 bits per heavy atom. The van der Waals surface area contributed by atoms with Crippen molar-refractivity contribution in [1.82, 2.24) is 4.90 Å². The van der Waals surface area contributed by atoms with Gasteiger partial charge < -0.3 is 19.8 Å². The number of amides is 1. The predicted octanol–water partition coefficient (Wildman–Crippen LogP) is 11.1. The van der Waals surface area contributed by atoms with Crippen LogP contribution in [0.15, 0.2) is 90.5 Å². The lowest BCUT2D eigenvalue weighted by Gasteiger charge is -2.58. The number of aliphatic hydroxyl groups excluding tert-OH is 1. The Morgan fingerprint density at radius 3 is 2.29 bits per heavy atom. The third kappa shape index (κ3) is 7.76. The molecule has 59 heavy (non-hydrogen) atoms. The van der Waals surface area contributed by atoms with Crippen LogP contribution in [0.4, 0.5) is 13.6 Å². The standard InChI is InChI=1S/C51H57F2NO5/c1-32-6-5-18-49(2)44(42-15-10-33(23-40(55)13-9-32)24-43(42)47(56)39-12-16-45(52)46(53)26-39)17-19-51(49,58)31-54(30-50-27-34-20-35(28-50)22-36(21-34)29-50)48(57)59-41-14-11-37-7-3-4-8-38(37)25-41/h3-4,6-8,10-12,14-16,24-26,34-36,40,44,55,58H,5,9,13,17-23,27-31H2,1-2H3. The van der Waals surface area contributed by atoms with E-state index >= 15 is 0 Å². The molecule has 4 aromatic carbocycles. The fourth-order valence-electron chi connectivity index (χ4n) is 12.8. The molecular weight excluding hydrogens is 745 g/mol. The third-order valence-corrected chi connectivity index (χ3v) is 15.4. The van der Waals surface area contributed by atoms with Crippen molar-refractivity contribution >= 4 is 22.6 Å². The second-order valence-electron chi connectivity index (χ2n) is 19.6. The first-order valence-electron chi connectivity index (χ1n) is 21.9. The van der Waals surface area contributed by atoms with Gasteiger partial charge in [-0.3, -0.25) is 4.79 Å². The van der Waals surface area contributed by atoms with Gasteiger partial charge in [-0.2, -0.15) is 0 Å². The number of hydrogen-bond acceptors (Lipinski definition) is 5. The largest absolute Gasteiger partial charge is 0.415 e. The van der Waals surface area contributed by atoms with Gasteiger partial charge in [0.2, 0.25) is 0 Å². The number of ketones is 1. The first kappa shape index (κ1) is 40.0. The number of rotatable bonds is 7. The molecule has 8 heteroatoms. The quantitative estimate of drug-likeness (QED) is 0.144. The minimum absolute atomic E-state index is 0.0139. The Morgan fingerprint density at radius 2 is 1.56 bits per heavy atom. The summed E-state index contributed by atoms with van der Waals surface area (Å²) < 4.78 is 34.9. The van der Waals surface area contributed by atoms with Gasteiger partial charge in [0.15, 0.2) is 17.4 Å². The molecule has 310 valence electrons. The van der Waals surface area contributed by atoms with Gasteiger partial charge in [0.25, 0.3) is 0 Å². The van der Waals surface area contributed by atoms with Gasteiger partial charge in [0.1, 0.15) is 5.75 Å². The van der Waals surface area contributed by atoms with Crippen molar-refractivity contribution in [3.8, 4) is 5.75 Å². The number of nitrogens with zero attached hydrogens (tertiary/aromatic N) is 1. The first-order chi connectivity index (χ1) is 28.3. The number of aliphatic hydroxyl groups is 2. The fourth-order valence-corrected chi connectivity index (χ4v) is 12.8. The van der Waals surface area contributed by atoms with Crippen LogP contribution >= 0.6 is 0 Å². The van der Waals surface area contributed by atoms with Crippen molar-refractivity contribution in [3.63, 3.8) is 0 Å². The molecule has 4 aromatic rings. The second-order valence-corrected chi connectivity index (χ2v) is 19.6. The van der Waals surface area contributed by atoms with Gasteiger partial charge in [-0.05, 0) is 178 Å². The Kier molecular flexibility index (Phi) is 10.6. The maximum Gasteiger partial charge on any atom is 0.415 e. The highest BCUT2D eigenvalue weighted by Crippen LogP contribution is 2.62. The Labute approximate surface area is 346 Å². The number of benzene rings is 4. The Bertz CT molecular complexity index is 2270. The lowest BCUT2D eigenvalue weighted by Crippen LogP contribution is -2.58. The smallest absolute Gasteiger partial charge is 0.410 e. The Hall–Kier alpha value is -4.40. The predicted molar refractivity (Wildman–Crippen MR) is 225 cm³/mol. The number of ether oxygens (including phenoxy) is 1. The lowest BCUT2D eigenvalue weighted by molar-refractivity contribution is -0.101. The molecule has 0 aliphatic heterocycles. The lowest BCUT2D eigenvalue weighted by atomic mass is 9.49. The molecule has 0 heterocycles. The molecule has 6 nitrogen and oxygen atoms in total. The molecular formula is C51H57F2NO5. The molecule has 4 atom stereocenters. The van der Waals surface area contributed by atoms with E-state index in [2.05, 4.69) is 19.9 Å². The molecule has 4 unspecified atom stereocenters. The maximum absolute atomic E-state index is 14.7. The first-order valence-corrected chi connectivity index (χ1v) is 21.9. The third-order valence-electron chi connectivity index (χ3n) is 15.4. The summed E-state index contributed by atoms with van der Waals surface area (Å²) in [6.07, 6.45) is 12.1. The summed E-state index contributed by atoms with van der Waals surface area (Å²) in [5.74, 6) is -0.342. The van der Waals surface area contributed by atoms with Gasteiger partial charge in [0, 0.05) is 23.1 Å². The number of carbonyl (C=O) groups is 2. The number of hydrogen-bond donors (Lipinski definition) is 2. The highest BCUT2D eigenvalue weighted by Gasteiger charge is 2.59. The van der Waals surface area contributed by atoms with Crippen LogP contribution in [0, 0.1) is 40.2 Å². The molecule has 1 amide bonds. The van der Waals surface area contributed by atoms with Crippen LogP contribution in [0.3, 0.4) is 0 Å². The molecule has 5 saturated carbocycles. The van der Waals surface area contributed by atoms with Crippen molar-refractivity contribution < 1.29 is 33.3 Å². The van der Waals surface area contributed by atoms with Crippen LogP contribution in [-0.2, 0) is 6.42 Å². The summed E-state index contributed by atoms with van der Waals surface area (Å²) in [6.45, 7) is 4.82. The van der Waals surface area contributed by atoms with Crippen molar-refractivity contribution in [2.45, 2.75) is 115 Å². The minimum Gasteiger partial charge on any atom is -0.410 e. The summed E-state index contributed by atoms with van der Waals surface area (Å²) in [5.41, 5.74) is 0.925. The molecule has 7 aliphatic carbocycles. The number of fused-ring (bicyclic) bond motifs is 9. The van der Waals surface area contributed by atoms with E-state index in [1.807, 2.05) is 59.5 Å². The molecule has 0 radical (unpaired) electrons. The molecule has 5 fully saturated rings. The molecule has 6 bridgehead atoms. The maximum atomic E-state index is 14.7. The highest BCUT2D eigenvalue weighted by molar-refractivity contribution is 6.10. The van der Waals surface area contributed by atoms with Crippen molar-refractivity contribution in [3.05, 3.63) is 124 Å². The van der Waals surface area contributed by atoms with Gasteiger partial charge in [0.05, 0.1) is 18.2 Å². The Balaban J connectivity index is 1.10. The molecule has 11 rings (SSSR count). The molecule has 2 N–H and O–H groups in total. The zero-order chi connectivity index (χ0) is 41.1. The van der Waals surface area contributed by atoms with Gasteiger partial charge in [-0.1, -0.05) is 61.0 Å². The summed E-state index contributed by atoms with van der Waals surface area (Å²) in [7, 11) is 0. The number of halogens is 2. The monoisotopic (exact) mass is 801 g/mol. The van der Waals surface area contributed by atoms with Gasteiger partial charge in [-0.15, -0.1) is 0 Å². The van der Waals surface area contributed by atoms with Crippen LogP contribution in [0.25, 0.3) is 10.8 Å². The number of carbonyl (C=O) groups excluding carboxylic acids is 2. The SMILES string of the molecule is CC1=CCCC2(C)C(CCC2(O)CN(CC23CC4CC(CC(C4)C2)C3)C(=O)Oc2ccc3ccccc3c2)c2ccc(cc2C(=O)c2ccc(F)c(F)c2)CC(O)CC1. The van der Waals surface area contributed by atoms with E-state index in [-0.39, 0.29) is 23.4 Å². The molecule has 0 aromatic heterocycles. The van der Waals surface area contributed by atoms with Crippen molar-refractivity contribution in [2.24, 2.45) is 28.6 Å². The van der Waals surface area contributed by atoms with Crippen LogP contribution in [0.2, 0.25) is 0 Å². The summed E-state index contributed by atoms with van der Waals surface area (Å²) in [4.78, 5) is 31.0. The van der Waals surface area contributed by atoms with Crippen LogP contribution < -0.4 is 4.74 Å². The van der Waals surface area contributed by atoms with E-state index in [9.17, 15) is 28.6 Å². The molecule has 7 aliphatic rings. The van der Waals surface area contributed by atoms with E-state index in [0.29, 0.717) is 80.6 Å². The summed E-state index contributed by atoms with van der Waals surface area (Å²) in [5, 5.41) is 26.4. The molecule has 0 saturated heterocycles. The average molecular weight is 802 g/mol. The highest BCUT2D eigenvalue weighted by atomic mass is 19.2. The van der Waals surface area contributed by atoms with Gasteiger partial charge in [-0.25, -0.2) is 13.6 Å². The fraction of sp³-hybridized carbons (Fsp3) is 0.490. The van der Waals surface area contributed by atoms with Gasteiger partial charge >= 0.3 is 6.09 Å². The minimum atomic E-state index is -1.35. The molecule has 0 spiro atoms. The summed E-state index contributed by atoms with van der Waals surface area (Å²) in [6, 6.07) is 22.6. The van der Waals surface area contributed by atoms with Crippen LogP contribution in [0.5, 0.6) is 5.75 Å². The van der Waals surface area contributed by atoms with Crippen LogP contribution in [-0.4, -0.2) is 51.8 Å². The number of allylic oxidation sites excluding steroid dienone is 2. The normalized spacial score (nSPS) is 31.4. The average Bonchev–Trinajstić information content (AvgIpc) is 3.45. The topological polar surface area (TPSA) is 87.1 Å². The zero-order valence-electron chi connectivity index (χ0n) is 34.4. The van der Waals surface area contributed by atoms with Crippen LogP contribution in [0.1, 0.15) is 124 Å². The van der Waals surface area contributed by atoms with Crippen molar-refractivity contribution in [1.29, 1.82) is 0 Å². The van der Waals surface area contributed by atoms with E-state index in [0.717, 1.165) is 53.3 Å². The summed E-state index contributed by atoms with van der Waals surface area (Å²) >= 11 is 0. The van der Waals surface area contributed by atoms with E-state index in [1.165, 1.54) is 30.9 Å².